The lowest BCUT2D eigenvalue weighted by Crippen LogP contribution is -2.07. The topological polar surface area (TPSA) is 62.8 Å². The number of hydrogen-bond acceptors (Lipinski definition) is 4. The van der Waals surface area contributed by atoms with Crippen molar-refractivity contribution in [2.45, 2.75) is 19.4 Å². The monoisotopic (exact) mass is 280 g/mol. The van der Waals surface area contributed by atoms with Crippen LogP contribution in [0, 0.1) is 0 Å². The summed E-state index contributed by atoms with van der Waals surface area (Å²) in [5, 5.41) is 3.50. The van der Waals surface area contributed by atoms with E-state index in [9.17, 15) is 0 Å². The summed E-state index contributed by atoms with van der Waals surface area (Å²) in [6.45, 7) is 2.55. The smallest absolute Gasteiger partial charge is 0.215 e. The van der Waals surface area contributed by atoms with Crippen molar-refractivity contribution in [3.05, 3.63) is 47.8 Å². The van der Waals surface area contributed by atoms with E-state index >= 15 is 0 Å². The third kappa shape index (κ3) is 2.11. The zero-order valence-corrected chi connectivity index (χ0v) is 11.8. The van der Waals surface area contributed by atoms with Gasteiger partial charge in [-0.2, -0.15) is 4.98 Å². The van der Waals surface area contributed by atoms with Crippen molar-refractivity contribution in [2.24, 2.45) is 0 Å². The highest BCUT2D eigenvalue weighted by Gasteiger charge is 2.24. The molecule has 3 aromatic rings. The Morgan fingerprint density at radius 3 is 2.95 bits per heavy atom. The number of anilines is 1. The third-order valence-electron chi connectivity index (χ3n) is 3.73. The molecule has 1 aliphatic rings. The van der Waals surface area contributed by atoms with E-state index in [1.807, 2.05) is 25.1 Å². The van der Waals surface area contributed by atoms with Crippen LogP contribution in [0.1, 0.15) is 24.4 Å². The molecule has 3 heterocycles. The van der Waals surface area contributed by atoms with Crippen molar-refractivity contribution < 1.29 is 4.74 Å². The van der Waals surface area contributed by atoms with Crippen LogP contribution in [-0.2, 0) is 6.42 Å². The van der Waals surface area contributed by atoms with Crippen LogP contribution in [-0.4, -0.2) is 21.6 Å². The van der Waals surface area contributed by atoms with Crippen molar-refractivity contribution in [1.82, 2.24) is 15.0 Å². The van der Waals surface area contributed by atoms with Gasteiger partial charge in [-0.25, -0.2) is 4.98 Å². The number of nitrogens with zero attached hydrogens (tertiary/aromatic N) is 2. The molecule has 1 atom stereocenters. The van der Waals surface area contributed by atoms with Gasteiger partial charge >= 0.3 is 0 Å². The molecule has 0 spiro atoms. The van der Waals surface area contributed by atoms with Crippen molar-refractivity contribution in [3.8, 4) is 5.88 Å². The fraction of sp³-hybridized carbons (Fsp3) is 0.250. The zero-order valence-electron chi connectivity index (χ0n) is 11.8. The number of hydrogen-bond donors (Lipinski definition) is 2. The lowest BCUT2D eigenvalue weighted by molar-refractivity contribution is 0.328. The second-order valence-corrected chi connectivity index (χ2v) is 5.13. The summed E-state index contributed by atoms with van der Waals surface area (Å²) in [6, 6.07) is 12.4. The molecular formula is C16H16N4O. The highest BCUT2D eigenvalue weighted by atomic mass is 16.5. The number of aromatic nitrogens is 3. The first kappa shape index (κ1) is 12.2. The fourth-order valence-corrected chi connectivity index (χ4v) is 2.75. The number of para-hydroxylation sites is 1. The second kappa shape index (κ2) is 4.77. The van der Waals surface area contributed by atoms with Gasteiger partial charge < -0.3 is 15.0 Å². The summed E-state index contributed by atoms with van der Waals surface area (Å²) in [6.07, 6.45) is 0.939. The first-order valence-corrected chi connectivity index (χ1v) is 7.17. The van der Waals surface area contributed by atoms with E-state index < -0.39 is 0 Å². The van der Waals surface area contributed by atoms with Gasteiger partial charge in [-0.3, -0.25) is 0 Å². The van der Waals surface area contributed by atoms with Crippen molar-refractivity contribution in [1.29, 1.82) is 0 Å². The first-order valence-electron chi connectivity index (χ1n) is 7.17. The molecule has 0 saturated heterocycles. The quantitative estimate of drug-likeness (QED) is 0.774. The van der Waals surface area contributed by atoms with Gasteiger partial charge in [0, 0.05) is 18.2 Å². The molecule has 1 unspecified atom stereocenters. The largest absolute Gasteiger partial charge is 0.478 e. The predicted octanol–water partition coefficient (Wildman–Crippen LogP) is 3.07. The summed E-state index contributed by atoms with van der Waals surface area (Å²) >= 11 is 0. The van der Waals surface area contributed by atoms with Crippen LogP contribution in [0.2, 0.25) is 0 Å². The molecule has 0 amide bonds. The van der Waals surface area contributed by atoms with E-state index in [1.165, 1.54) is 11.3 Å². The molecule has 5 nitrogen and oxygen atoms in total. The minimum Gasteiger partial charge on any atom is -0.478 e. The number of H-pyrrole nitrogens is 1. The van der Waals surface area contributed by atoms with Gasteiger partial charge in [-0.1, -0.05) is 18.2 Å². The lowest BCUT2D eigenvalue weighted by atomic mass is 10.1. The van der Waals surface area contributed by atoms with Crippen LogP contribution < -0.4 is 10.1 Å². The number of benzene rings is 1. The molecule has 1 aromatic carbocycles. The SMILES string of the molecule is CCOc1ccc2[nH]c(C3Cc4ccccc4N3)nc2n1. The molecule has 0 radical (unpaired) electrons. The van der Waals surface area contributed by atoms with Gasteiger partial charge in [0.05, 0.1) is 18.2 Å². The summed E-state index contributed by atoms with van der Waals surface area (Å²) in [4.78, 5) is 12.4. The minimum atomic E-state index is 0.173. The fourth-order valence-electron chi connectivity index (χ4n) is 2.75. The summed E-state index contributed by atoms with van der Waals surface area (Å²) in [7, 11) is 0. The Kier molecular flexibility index (Phi) is 2.77. The maximum Gasteiger partial charge on any atom is 0.215 e. The Hall–Kier alpha value is -2.56. The van der Waals surface area contributed by atoms with E-state index in [0.717, 1.165) is 17.8 Å². The summed E-state index contributed by atoms with van der Waals surface area (Å²) < 4.78 is 5.42. The Morgan fingerprint density at radius 2 is 2.10 bits per heavy atom. The van der Waals surface area contributed by atoms with E-state index in [0.29, 0.717) is 18.1 Å². The maximum atomic E-state index is 5.42. The number of imidazole rings is 1. The van der Waals surface area contributed by atoms with Gasteiger partial charge in [0.15, 0.2) is 5.65 Å². The number of nitrogens with one attached hydrogen (secondary N) is 2. The Labute approximate surface area is 122 Å². The van der Waals surface area contributed by atoms with Gasteiger partial charge in [-0.15, -0.1) is 0 Å². The predicted molar refractivity (Wildman–Crippen MR) is 81.6 cm³/mol. The summed E-state index contributed by atoms with van der Waals surface area (Å²) in [5.74, 6) is 1.54. The van der Waals surface area contributed by atoms with Crippen molar-refractivity contribution in [3.63, 3.8) is 0 Å². The Bertz CT molecular complexity index is 771. The van der Waals surface area contributed by atoms with Crippen LogP contribution in [0.15, 0.2) is 36.4 Å². The van der Waals surface area contributed by atoms with E-state index in [2.05, 4.69) is 38.5 Å². The van der Waals surface area contributed by atoms with E-state index in [4.69, 9.17) is 4.74 Å². The molecule has 2 N–H and O–H groups in total. The number of pyridine rings is 1. The first-order chi connectivity index (χ1) is 10.3. The molecule has 2 aromatic heterocycles. The van der Waals surface area contributed by atoms with Gasteiger partial charge in [0.25, 0.3) is 0 Å². The van der Waals surface area contributed by atoms with Gasteiger partial charge in [0.2, 0.25) is 5.88 Å². The standard InChI is InChI=1S/C16H16N4O/c1-2-21-14-8-7-12-15(19-14)20-16(18-12)13-9-10-5-3-4-6-11(10)17-13/h3-8,13,17H,2,9H2,1H3,(H,18,19,20). The average Bonchev–Trinajstić information content (AvgIpc) is 3.10. The molecule has 1 aliphatic heterocycles. The van der Waals surface area contributed by atoms with Crippen LogP contribution in [0.25, 0.3) is 11.2 Å². The van der Waals surface area contributed by atoms with Gasteiger partial charge in [-0.05, 0) is 24.6 Å². The maximum absolute atomic E-state index is 5.42. The molecule has 5 heteroatoms. The van der Waals surface area contributed by atoms with Crippen LogP contribution in [0.4, 0.5) is 5.69 Å². The lowest BCUT2D eigenvalue weighted by Gasteiger charge is -2.06. The Balaban J connectivity index is 1.66. The third-order valence-corrected chi connectivity index (χ3v) is 3.73. The minimum absolute atomic E-state index is 0.173. The zero-order chi connectivity index (χ0) is 14.2. The van der Waals surface area contributed by atoms with E-state index in [-0.39, 0.29) is 6.04 Å². The number of ether oxygens (including phenoxy) is 1. The average molecular weight is 280 g/mol. The molecule has 0 fully saturated rings. The Morgan fingerprint density at radius 1 is 1.19 bits per heavy atom. The van der Waals surface area contributed by atoms with Crippen molar-refractivity contribution >= 4 is 16.9 Å². The van der Waals surface area contributed by atoms with E-state index in [1.54, 1.807) is 0 Å². The van der Waals surface area contributed by atoms with Crippen LogP contribution in [0.5, 0.6) is 5.88 Å². The second-order valence-electron chi connectivity index (χ2n) is 5.13. The molecule has 106 valence electrons. The molecule has 0 saturated carbocycles. The van der Waals surface area contributed by atoms with Crippen molar-refractivity contribution in [2.75, 3.05) is 11.9 Å². The molecular weight excluding hydrogens is 264 g/mol. The summed E-state index contributed by atoms with van der Waals surface area (Å²) in [5.41, 5.74) is 4.15. The number of rotatable bonds is 3. The normalized spacial score (nSPS) is 16.7. The molecule has 0 aliphatic carbocycles. The molecule has 21 heavy (non-hydrogen) atoms. The highest BCUT2D eigenvalue weighted by Crippen LogP contribution is 2.33. The van der Waals surface area contributed by atoms with Crippen LogP contribution >= 0.6 is 0 Å². The molecule has 0 bridgehead atoms. The number of fused-ring (bicyclic) bond motifs is 2. The van der Waals surface area contributed by atoms with Crippen LogP contribution in [0.3, 0.4) is 0 Å². The highest BCUT2D eigenvalue weighted by molar-refractivity contribution is 5.71. The number of aromatic amines is 1. The van der Waals surface area contributed by atoms with Gasteiger partial charge in [0.1, 0.15) is 5.82 Å². The molecule has 4 rings (SSSR count).